The predicted molar refractivity (Wildman–Crippen MR) is 54.7 cm³/mol. The molecule has 0 aromatic rings. The molecule has 76 valence electrons. The Bertz CT molecular complexity index is 210. The number of hydrogen-bond acceptors (Lipinski definition) is 2. The van der Waals surface area contributed by atoms with Crippen molar-refractivity contribution in [2.75, 3.05) is 13.6 Å². The van der Waals surface area contributed by atoms with Gasteiger partial charge in [-0.15, -0.1) is 0 Å². The van der Waals surface area contributed by atoms with Crippen LogP contribution in [0.1, 0.15) is 40.0 Å². The predicted octanol–water partition coefficient (Wildman–Crippen LogP) is 1.99. The van der Waals surface area contributed by atoms with Crippen molar-refractivity contribution >= 4 is 5.78 Å². The summed E-state index contributed by atoms with van der Waals surface area (Å²) in [5.41, 5.74) is 0.370. The van der Waals surface area contributed by atoms with Crippen LogP contribution in [0, 0.1) is 10.8 Å². The van der Waals surface area contributed by atoms with Crippen LogP contribution in [0.25, 0.3) is 0 Å². The molecule has 1 N–H and O–H groups in total. The van der Waals surface area contributed by atoms with Crippen LogP contribution in [-0.4, -0.2) is 19.4 Å². The van der Waals surface area contributed by atoms with E-state index in [-0.39, 0.29) is 10.8 Å². The van der Waals surface area contributed by atoms with Crippen molar-refractivity contribution in [2.45, 2.75) is 40.0 Å². The molecule has 0 aromatic carbocycles. The van der Waals surface area contributed by atoms with Gasteiger partial charge in [-0.3, -0.25) is 4.79 Å². The first-order chi connectivity index (χ1) is 5.87. The van der Waals surface area contributed by atoms with Crippen LogP contribution < -0.4 is 5.32 Å². The molecule has 1 atom stereocenters. The first kappa shape index (κ1) is 10.7. The van der Waals surface area contributed by atoms with Crippen LogP contribution in [-0.2, 0) is 4.79 Å². The highest BCUT2D eigenvalue weighted by Crippen LogP contribution is 2.43. The molecule has 0 spiro atoms. The first-order valence-corrected chi connectivity index (χ1v) is 5.03. The second-order valence-corrected chi connectivity index (χ2v) is 5.57. The van der Waals surface area contributed by atoms with E-state index in [1.807, 2.05) is 7.05 Å². The lowest BCUT2D eigenvalue weighted by atomic mass is 9.64. The molecule has 0 heterocycles. The van der Waals surface area contributed by atoms with E-state index in [0.717, 1.165) is 25.8 Å². The average molecular weight is 183 g/mol. The molecule has 1 saturated carbocycles. The average Bonchev–Trinajstić information content (AvgIpc) is 1.78. The van der Waals surface area contributed by atoms with Crippen LogP contribution >= 0.6 is 0 Å². The Morgan fingerprint density at radius 1 is 1.31 bits per heavy atom. The van der Waals surface area contributed by atoms with Gasteiger partial charge in [0.1, 0.15) is 5.78 Å². The van der Waals surface area contributed by atoms with Crippen molar-refractivity contribution in [1.29, 1.82) is 0 Å². The molecular weight excluding hydrogens is 162 g/mol. The maximum atomic E-state index is 11.5. The third kappa shape index (κ3) is 2.80. The summed E-state index contributed by atoms with van der Waals surface area (Å²) in [7, 11) is 1.96. The van der Waals surface area contributed by atoms with Crippen LogP contribution in [0.2, 0.25) is 0 Å². The van der Waals surface area contributed by atoms with E-state index in [9.17, 15) is 4.79 Å². The zero-order chi connectivity index (χ0) is 10.1. The highest BCUT2D eigenvalue weighted by atomic mass is 16.1. The quantitative estimate of drug-likeness (QED) is 0.709. The molecule has 13 heavy (non-hydrogen) atoms. The first-order valence-electron chi connectivity index (χ1n) is 5.03. The van der Waals surface area contributed by atoms with Crippen LogP contribution in [0.15, 0.2) is 0 Å². The van der Waals surface area contributed by atoms with Gasteiger partial charge >= 0.3 is 0 Å². The summed E-state index contributed by atoms with van der Waals surface area (Å²) >= 11 is 0. The Labute approximate surface area is 81.1 Å². The van der Waals surface area contributed by atoms with Crippen LogP contribution in [0.4, 0.5) is 0 Å². The van der Waals surface area contributed by atoms with Crippen LogP contribution in [0.5, 0.6) is 0 Å². The molecule has 1 aliphatic rings. The Morgan fingerprint density at radius 3 is 2.38 bits per heavy atom. The number of nitrogens with one attached hydrogen (secondary N) is 1. The molecule has 2 nitrogen and oxygen atoms in total. The van der Waals surface area contributed by atoms with Gasteiger partial charge in [-0.2, -0.15) is 0 Å². The van der Waals surface area contributed by atoms with Crippen LogP contribution in [0.3, 0.4) is 0 Å². The fraction of sp³-hybridized carbons (Fsp3) is 0.909. The number of carbonyl (C=O) groups excluding carboxylic acids is 1. The lowest BCUT2D eigenvalue weighted by molar-refractivity contribution is -0.127. The number of rotatable bonds is 2. The minimum Gasteiger partial charge on any atom is -0.319 e. The highest BCUT2D eigenvalue weighted by molar-refractivity contribution is 5.80. The lowest BCUT2D eigenvalue weighted by Crippen LogP contribution is -2.41. The normalized spacial score (nSPS) is 33.4. The molecule has 1 rings (SSSR count). The van der Waals surface area contributed by atoms with E-state index < -0.39 is 0 Å². The summed E-state index contributed by atoms with van der Waals surface area (Å²) in [5, 5.41) is 3.18. The molecular formula is C11H21NO. The zero-order valence-corrected chi connectivity index (χ0v) is 9.24. The van der Waals surface area contributed by atoms with Gasteiger partial charge in [-0.25, -0.2) is 0 Å². The molecule has 0 aromatic heterocycles. The standard InChI is InChI=1S/C11H21NO/c1-10(2)5-9(13)6-11(3,7-10)8-12-4/h12H,5-8H2,1-4H3. The summed E-state index contributed by atoms with van der Waals surface area (Å²) < 4.78 is 0. The van der Waals surface area contributed by atoms with Gasteiger partial charge < -0.3 is 5.32 Å². The van der Waals surface area contributed by atoms with Gasteiger partial charge in [-0.1, -0.05) is 20.8 Å². The molecule has 1 unspecified atom stereocenters. The smallest absolute Gasteiger partial charge is 0.134 e. The van der Waals surface area contributed by atoms with Crippen molar-refractivity contribution in [2.24, 2.45) is 10.8 Å². The topological polar surface area (TPSA) is 29.1 Å². The molecule has 2 heteroatoms. The molecule has 1 fully saturated rings. The summed E-state index contributed by atoms with van der Waals surface area (Å²) in [6.45, 7) is 7.54. The molecule has 0 bridgehead atoms. The van der Waals surface area contributed by atoms with Gasteiger partial charge in [0.15, 0.2) is 0 Å². The van der Waals surface area contributed by atoms with E-state index in [2.05, 4.69) is 26.1 Å². The maximum Gasteiger partial charge on any atom is 0.134 e. The van der Waals surface area contributed by atoms with E-state index in [4.69, 9.17) is 0 Å². The molecule has 0 radical (unpaired) electrons. The minimum absolute atomic E-state index is 0.174. The minimum atomic E-state index is 0.174. The van der Waals surface area contributed by atoms with Crippen molar-refractivity contribution in [3.05, 3.63) is 0 Å². The van der Waals surface area contributed by atoms with Crippen molar-refractivity contribution in [1.82, 2.24) is 5.32 Å². The monoisotopic (exact) mass is 183 g/mol. The van der Waals surface area contributed by atoms with Gasteiger partial charge in [0.25, 0.3) is 0 Å². The third-order valence-electron chi connectivity index (χ3n) is 2.81. The van der Waals surface area contributed by atoms with Crippen molar-refractivity contribution in [3.8, 4) is 0 Å². The van der Waals surface area contributed by atoms with E-state index in [0.29, 0.717) is 5.78 Å². The summed E-state index contributed by atoms with van der Waals surface area (Å²) in [4.78, 5) is 11.5. The Morgan fingerprint density at radius 2 is 1.92 bits per heavy atom. The molecule has 0 amide bonds. The summed E-state index contributed by atoms with van der Waals surface area (Å²) in [6.07, 6.45) is 2.65. The Balaban J connectivity index is 2.72. The van der Waals surface area contributed by atoms with Gasteiger partial charge in [0, 0.05) is 19.4 Å². The van der Waals surface area contributed by atoms with E-state index in [1.165, 1.54) is 0 Å². The summed E-state index contributed by atoms with van der Waals surface area (Å²) in [6, 6.07) is 0. The summed E-state index contributed by atoms with van der Waals surface area (Å²) in [5.74, 6) is 0.425. The SMILES string of the molecule is CNCC1(C)CC(=O)CC(C)(C)C1. The fourth-order valence-electron chi connectivity index (χ4n) is 2.90. The lowest BCUT2D eigenvalue weighted by Gasteiger charge is -2.41. The molecule has 0 aliphatic heterocycles. The van der Waals surface area contributed by atoms with Crippen molar-refractivity contribution < 1.29 is 4.79 Å². The Hall–Kier alpha value is -0.370. The Kier molecular flexibility index (Phi) is 2.81. The van der Waals surface area contributed by atoms with Gasteiger partial charge in [-0.05, 0) is 24.3 Å². The van der Waals surface area contributed by atoms with Gasteiger partial charge in [0.2, 0.25) is 0 Å². The number of ketones is 1. The van der Waals surface area contributed by atoms with Crippen molar-refractivity contribution in [3.63, 3.8) is 0 Å². The fourth-order valence-corrected chi connectivity index (χ4v) is 2.90. The zero-order valence-electron chi connectivity index (χ0n) is 9.24. The number of Topliss-reactive ketones (excluding diaryl/α,β-unsaturated/α-hetero) is 1. The third-order valence-corrected chi connectivity index (χ3v) is 2.81. The molecule has 0 saturated heterocycles. The van der Waals surface area contributed by atoms with Gasteiger partial charge in [0.05, 0.1) is 0 Å². The van der Waals surface area contributed by atoms with E-state index >= 15 is 0 Å². The second-order valence-electron chi connectivity index (χ2n) is 5.57. The number of hydrogen-bond donors (Lipinski definition) is 1. The largest absolute Gasteiger partial charge is 0.319 e. The highest BCUT2D eigenvalue weighted by Gasteiger charge is 2.39. The molecule has 1 aliphatic carbocycles. The maximum absolute atomic E-state index is 11.5. The second kappa shape index (κ2) is 3.41. The van der Waals surface area contributed by atoms with E-state index in [1.54, 1.807) is 0 Å². The number of carbonyl (C=O) groups is 1.